The van der Waals surface area contributed by atoms with E-state index in [4.69, 9.17) is 5.73 Å². The van der Waals surface area contributed by atoms with Crippen molar-refractivity contribution in [3.63, 3.8) is 0 Å². The van der Waals surface area contributed by atoms with Gasteiger partial charge in [-0.2, -0.15) is 0 Å². The molecule has 5 heteroatoms. The van der Waals surface area contributed by atoms with E-state index < -0.39 is 0 Å². The molecule has 0 atom stereocenters. The molecule has 0 aromatic heterocycles. The Morgan fingerprint density at radius 3 is 2.50 bits per heavy atom. The van der Waals surface area contributed by atoms with E-state index in [9.17, 15) is 9.18 Å². The van der Waals surface area contributed by atoms with Crippen LogP contribution in [0.3, 0.4) is 0 Å². The lowest BCUT2D eigenvalue weighted by Crippen LogP contribution is -2.24. The molecule has 0 aromatic rings. The fourth-order valence-electron chi connectivity index (χ4n) is 0.912. The molecule has 0 aromatic carbocycles. The molecule has 1 amide bonds. The van der Waals surface area contributed by atoms with Crippen molar-refractivity contribution in [2.24, 2.45) is 10.7 Å². The van der Waals surface area contributed by atoms with Gasteiger partial charge in [0.25, 0.3) is 5.91 Å². The summed E-state index contributed by atoms with van der Waals surface area (Å²) < 4.78 is 12.2. The quantitative estimate of drug-likeness (QED) is 0.567. The Balaban J connectivity index is 4.47. The maximum absolute atomic E-state index is 12.2. The normalized spacial score (nSPS) is 13.2. The smallest absolute Gasteiger partial charge is 0.256 e. The van der Waals surface area contributed by atoms with Crippen LogP contribution in [0.15, 0.2) is 28.7 Å². The summed E-state index contributed by atoms with van der Waals surface area (Å²) in [7, 11) is 3.25. The summed E-state index contributed by atoms with van der Waals surface area (Å²) in [6.45, 7) is 2.08. The Morgan fingerprint density at radius 1 is 1.50 bits per heavy atom. The van der Waals surface area contributed by atoms with Gasteiger partial charge in [-0.05, 0) is 12.0 Å². The van der Waals surface area contributed by atoms with Crippen LogP contribution in [0.2, 0.25) is 0 Å². The number of amides is 1. The van der Waals surface area contributed by atoms with Gasteiger partial charge < -0.3 is 10.6 Å². The minimum absolute atomic E-state index is 0.228. The first kappa shape index (κ1) is 14.3. The standard InChI is InChI=1S/C11H18FN3O/c1-4-9(5-12)7-14-8-10(6-13)11(16)15(2)3/h5-6,8H,4,7,13H2,1-3H3/b9-5+,10-6?,14-8?. The molecule has 90 valence electrons. The van der Waals surface area contributed by atoms with Crippen molar-refractivity contribution in [1.82, 2.24) is 4.90 Å². The zero-order valence-corrected chi connectivity index (χ0v) is 9.90. The van der Waals surface area contributed by atoms with Gasteiger partial charge in [-0.25, -0.2) is 4.39 Å². The summed E-state index contributed by atoms with van der Waals surface area (Å²) >= 11 is 0. The molecule has 0 radical (unpaired) electrons. The first-order valence-corrected chi connectivity index (χ1v) is 4.98. The van der Waals surface area contributed by atoms with Crippen molar-refractivity contribution < 1.29 is 9.18 Å². The second-order valence-electron chi connectivity index (χ2n) is 3.41. The van der Waals surface area contributed by atoms with Gasteiger partial charge in [0.2, 0.25) is 0 Å². The predicted octanol–water partition coefficient (Wildman–Crippen LogP) is 1.25. The number of nitrogens with two attached hydrogens (primary N) is 1. The van der Waals surface area contributed by atoms with Gasteiger partial charge >= 0.3 is 0 Å². The van der Waals surface area contributed by atoms with Crippen LogP contribution in [0.4, 0.5) is 4.39 Å². The highest BCUT2D eigenvalue weighted by atomic mass is 19.1. The number of likely N-dealkylation sites (N-methyl/N-ethyl adjacent to an activating group) is 1. The maximum Gasteiger partial charge on any atom is 0.256 e. The topological polar surface area (TPSA) is 58.7 Å². The van der Waals surface area contributed by atoms with Crippen molar-refractivity contribution in [3.05, 3.63) is 23.7 Å². The zero-order chi connectivity index (χ0) is 12.6. The first-order chi connectivity index (χ1) is 7.56. The number of halogens is 1. The summed E-state index contributed by atoms with van der Waals surface area (Å²) in [4.78, 5) is 16.8. The van der Waals surface area contributed by atoms with Crippen molar-refractivity contribution >= 4 is 12.1 Å². The molecular weight excluding hydrogens is 209 g/mol. The third-order valence-corrected chi connectivity index (χ3v) is 1.97. The summed E-state index contributed by atoms with van der Waals surface area (Å²) in [5.41, 5.74) is 6.17. The highest BCUT2D eigenvalue weighted by molar-refractivity contribution is 6.11. The maximum atomic E-state index is 12.2. The molecule has 0 saturated carbocycles. The molecule has 4 nitrogen and oxygen atoms in total. The van der Waals surface area contributed by atoms with Crippen molar-refractivity contribution in [3.8, 4) is 0 Å². The van der Waals surface area contributed by atoms with Gasteiger partial charge in [0.05, 0.1) is 18.4 Å². The van der Waals surface area contributed by atoms with E-state index in [2.05, 4.69) is 4.99 Å². The summed E-state index contributed by atoms with van der Waals surface area (Å²) in [5, 5.41) is 0. The van der Waals surface area contributed by atoms with E-state index in [0.29, 0.717) is 23.9 Å². The number of carbonyl (C=O) groups excluding carboxylic acids is 1. The number of rotatable bonds is 5. The summed E-state index contributed by atoms with van der Waals surface area (Å²) in [5.74, 6) is -0.228. The number of hydrogen-bond donors (Lipinski definition) is 1. The molecule has 0 aliphatic heterocycles. The molecule has 16 heavy (non-hydrogen) atoms. The van der Waals surface area contributed by atoms with Crippen molar-refractivity contribution in [2.45, 2.75) is 13.3 Å². The van der Waals surface area contributed by atoms with E-state index >= 15 is 0 Å². The number of hydrogen-bond acceptors (Lipinski definition) is 3. The molecule has 0 heterocycles. The van der Waals surface area contributed by atoms with Gasteiger partial charge in [-0.3, -0.25) is 9.79 Å². The third kappa shape index (κ3) is 4.72. The lowest BCUT2D eigenvalue weighted by atomic mass is 10.2. The molecule has 0 spiro atoms. The van der Waals surface area contributed by atoms with E-state index in [1.807, 2.05) is 6.92 Å². The summed E-state index contributed by atoms with van der Waals surface area (Å²) in [6.07, 6.45) is 3.69. The molecule has 0 aliphatic carbocycles. The Labute approximate surface area is 95.3 Å². The lowest BCUT2D eigenvalue weighted by Gasteiger charge is -2.09. The van der Waals surface area contributed by atoms with Crippen LogP contribution in [-0.4, -0.2) is 37.7 Å². The minimum Gasteiger partial charge on any atom is -0.404 e. The number of nitrogens with zero attached hydrogens (tertiary/aromatic N) is 2. The van der Waals surface area contributed by atoms with E-state index in [1.165, 1.54) is 17.3 Å². The third-order valence-electron chi connectivity index (χ3n) is 1.97. The van der Waals surface area contributed by atoms with Crippen molar-refractivity contribution in [1.29, 1.82) is 0 Å². The van der Waals surface area contributed by atoms with Crippen LogP contribution in [-0.2, 0) is 4.79 Å². The molecule has 0 fully saturated rings. The van der Waals surface area contributed by atoms with E-state index in [0.717, 1.165) is 0 Å². The Kier molecular flexibility index (Phi) is 6.83. The molecule has 0 aliphatic rings. The van der Waals surface area contributed by atoms with Crippen LogP contribution in [0.25, 0.3) is 0 Å². The fraction of sp³-hybridized carbons (Fsp3) is 0.455. The molecule has 2 N–H and O–H groups in total. The van der Waals surface area contributed by atoms with Crippen LogP contribution in [0.5, 0.6) is 0 Å². The molecular formula is C11H18FN3O. The van der Waals surface area contributed by atoms with Crippen molar-refractivity contribution in [2.75, 3.05) is 20.6 Å². The highest BCUT2D eigenvalue weighted by Crippen LogP contribution is 2.01. The van der Waals surface area contributed by atoms with Gasteiger partial charge in [0.15, 0.2) is 0 Å². The summed E-state index contributed by atoms with van der Waals surface area (Å²) in [6, 6.07) is 0. The van der Waals surface area contributed by atoms with Crippen LogP contribution in [0, 0.1) is 0 Å². The average molecular weight is 227 g/mol. The predicted molar refractivity (Wildman–Crippen MR) is 63.8 cm³/mol. The lowest BCUT2D eigenvalue weighted by molar-refractivity contribution is -0.124. The molecule has 0 saturated heterocycles. The Bertz CT molecular complexity index is 319. The fourth-order valence-corrected chi connectivity index (χ4v) is 0.912. The molecule has 0 bridgehead atoms. The second kappa shape index (κ2) is 7.62. The van der Waals surface area contributed by atoms with Crippen LogP contribution >= 0.6 is 0 Å². The molecule has 0 unspecified atom stereocenters. The highest BCUT2D eigenvalue weighted by Gasteiger charge is 2.08. The van der Waals surface area contributed by atoms with E-state index in [-0.39, 0.29) is 12.5 Å². The Hall–Kier alpha value is -1.65. The molecule has 0 rings (SSSR count). The second-order valence-corrected chi connectivity index (χ2v) is 3.41. The van der Waals surface area contributed by atoms with Crippen LogP contribution in [0.1, 0.15) is 13.3 Å². The van der Waals surface area contributed by atoms with E-state index in [1.54, 1.807) is 14.1 Å². The first-order valence-electron chi connectivity index (χ1n) is 4.98. The Morgan fingerprint density at radius 2 is 2.12 bits per heavy atom. The monoisotopic (exact) mass is 227 g/mol. The van der Waals surface area contributed by atoms with Gasteiger partial charge in [0.1, 0.15) is 0 Å². The van der Waals surface area contributed by atoms with Gasteiger partial charge in [0, 0.05) is 26.5 Å². The van der Waals surface area contributed by atoms with Crippen LogP contribution < -0.4 is 5.73 Å². The van der Waals surface area contributed by atoms with Gasteiger partial charge in [-0.1, -0.05) is 6.92 Å². The van der Waals surface area contributed by atoms with Gasteiger partial charge in [-0.15, -0.1) is 0 Å². The number of aliphatic imine (C=N–C) groups is 1. The average Bonchev–Trinajstić information content (AvgIpc) is 2.28. The SMILES string of the molecule is CC/C(=C\F)CN=CC(=CN)C(=O)N(C)C. The largest absolute Gasteiger partial charge is 0.404 e. The minimum atomic E-state index is -0.228. The number of carbonyl (C=O) groups is 1. The zero-order valence-electron chi connectivity index (χ0n) is 9.90.